The van der Waals surface area contributed by atoms with Gasteiger partial charge in [0, 0.05) is 83.8 Å². The molecule has 3 aromatic carbocycles. The highest BCUT2D eigenvalue weighted by molar-refractivity contribution is 6.03. The summed E-state index contributed by atoms with van der Waals surface area (Å²) in [4.78, 5) is 130. The third-order valence-electron chi connectivity index (χ3n) is 14.5. The minimum Gasteiger partial charge on any atom is -0.481 e. The normalized spacial score (nSPS) is 19.3. The maximum atomic E-state index is 14.2. The van der Waals surface area contributed by atoms with Crippen molar-refractivity contribution in [1.29, 1.82) is 0 Å². The van der Waals surface area contributed by atoms with Crippen molar-refractivity contribution in [3.63, 3.8) is 0 Å². The van der Waals surface area contributed by atoms with Crippen molar-refractivity contribution in [2.75, 3.05) is 111 Å². The number of hydrogen-bond donors (Lipinski definition) is 11. The largest absolute Gasteiger partial charge is 0.481 e. The van der Waals surface area contributed by atoms with Crippen molar-refractivity contribution in [2.45, 2.75) is 69.5 Å². The van der Waals surface area contributed by atoms with Crippen molar-refractivity contribution < 1.29 is 83.3 Å². The summed E-state index contributed by atoms with van der Waals surface area (Å²) in [5.41, 5.74) is 0.0418. The number of hydrogen-bond acceptors (Lipinski definition) is 16. The summed E-state index contributed by atoms with van der Waals surface area (Å²) in [5, 5.41) is 74.0. The molecule has 1 aliphatic heterocycles. The molecule has 1 saturated heterocycles. The van der Waals surface area contributed by atoms with E-state index in [0.29, 0.717) is 32.2 Å². The molecule has 2 fully saturated rings. The smallest absolute Gasteiger partial charge is 0.328 e. The molecule has 0 aromatic heterocycles. The maximum Gasteiger partial charge on any atom is 0.328 e. The lowest BCUT2D eigenvalue weighted by atomic mass is 9.71. The molecule has 0 unspecified atom stereocenters. The van der Waals surface area contributed by atoms with Crippen LogP contribution in [-0.4, -0.2) is 240 Å². The van der Waals surface area contributed by atoms with E-state index in [0.717, 1.165) is 33.4 Å². The summed E-state index contributed by atoms with van der Waals surface area (Å²) in [6.45, 7) is 0.821. The van der Waals surface area contributed by atoms with Crippen LogP contribution < -0.4 is 26.6 Å². The number of carboxylic acid groups (broad SMARTS) is 6. The van der Waals surface area contributed by atoms with Crippen molar-refractivity contribution >= 4 is 81.5 Å². The zero-order valence-corrected chi connectivity index (χ0v) is 44.7. The fourth-order valence-electron chi connectivity index (χ4n) is 10.0. The van der Waals surface area contributed by atoms with Gasteiger partial charge in [-0.25, -0.2) is 14.4 Å². The second-order valence-corrected chi connectivity index (χ2v) is 20.5. The van der Waals surface area contributed by atoms with Crippen molar-refractivity contribution in [3.05, 3.63) is 60.2 Å². The van der Waals surface area contributed by atoms with Gasteiger partial charge in [0.05, 0.1) is 45.4 Å². The Morgan fingerprint density at radius 2 is 1.11 bits per heavy atom. The number of benzene rings is 3. The lowest BCUT2D eigenvalue weighted by Crippen LogP contribution is -2.52. The molecule has 0 bridgehead atoms. The minimum absolute atomic E-state index is 0.0211. The number of rotatable bonds is 30. The Labute approximate surface area is 462 Å². The van der Waals surface area contributed by atoms with Crippen LogP contribution in [0.2, 0.25) is 0 Å². The molecule has 2 aliphatic rings. The highest BCUT2D eigenvalue weighted by Crippen LogP contribution is 2.37. The first-order chi connectivity index (χ1) is 38.2. The Hall–Kier alpha value is -7.36. The average Bonchev–Trinajstić information content (AvgIpc) is 3.52. The van der Waals surface area contributed by atoms with Gasteiger partial charge in [-0.1, -0.05) is 48.5 Å². The van der Waals surface area contributed by atoms with E-state index in [1.54, 1.807) is 14.7 Å². The van der Waals surface area contributed by atoms with E-state index in [1.165, 1.54) is 0 Å². The van der Waals surface area contributed by atoms with Crippen LogP contribution in [0.4, 0.5) is 4.79 Å². The number of ether oxygens (including phenoxy) is 1. The molecule has 5 rings (SSSR count). The van der Waals surface area contributed by atoms with Gasteiger partial charge in [-0.3, -0.25) is 48.4 Å². The topological polar surface area (TPSA) is 374 Å². The second kappa shape index (κ2) is 32.0. The van der Waals surface area contributed by atoms with Crippen LogP contribution in [-0.2, 0) is 54.3 Å². The van der Waals surface area contributed by atoms with Gasteiger partial charge >= 0.3 is 41.8 Å². The molecule has 26 heteroatoms. The number of aldehydes is 1. The number of nitrogens with one attached hydrogen (secondary N) is 5. The lowest BCUT2D eigenvalue weighted by Gasteiger charge is -2.37. The molecular formula is C54H75N9O17. The molecule has 1 heterocycles. The molecule has 26 nitrogen and oxygen atoms in total. The number of nitrogens with zero attached hydrogens (tertiary/aromatic N) is 4. The summed E-state index contributed by atoms with van der Waals surface area (Å²) in [5.74, 6) is -7.92. The van der Waals surface area contributed by atoms with E-state index in [1.807, 2.05) is 53.4 Å². The van der Waals surface area contributed by atoms with Gasteiger partial charge < -0.3 is 66.8 Å². The number of carbonyl (C=O) groups is 10. The van der Waals surface area contributed by atoms with Crippen LogP contribution in [0, 0.1) is 11.3 Å². The maximum absolute atomic E-state index is 14.2. The SMILES string of the molecule is O=CC1(CN[C@@H](Cc2c3ccccc3cc3ccccc23)C(=O)NCCOC[C@H](NC(=O)N[C@@H](CCCC(=O)O)C(=O)O)C(=O)O)CCC(CNC(=O)CN2CCN(CC(=O)O)CCN(CC(=O)O)CCN(CC(=O)O)CC2)CC1. The highest BCUT2D eigenvalue weighted by Gasteiger charge is 2.37. The number of urea groups is 1. The zero-order chi connectivity index (χ0) is 58.2. The van der Waals surface area contributed by atoms with Gasteiger partial charge in [0.1, 0.15) is 12.3 Å². The van der Waals surface area contributed by atoms with Gasteiger partial charge in [0.25, 0.3) is 0 Å². The van der Waals surface area contributed by atoms with Gasteiger partial charge in [-0.05, 0) is 84.0 Å². The minimum atomic E-state index is -1.61. The first kappa shape index (κ1) is 63.5. The van der Waals surface area contributed by atoms with Crippen LogP contribution in [0.15, 0.2) is 54.6 Å². The molecule has 3 aromatic rings. The van der Waals surface area contributed by atoms with E-state index in [4.69, 9.17) is 9.84 Å². The Morgan fingerprint density at radius 1 is 0.625 bits per heavy atom. The quantitative estimate of drug-likeness (QED) is 0.0239. The lowest BCUT2D eigenvalue weighted by molar-refractivity contribution is -0.141. The zero-order valence-electron chi connectivity index (χ0n) is 44.7. The summed E-state index contributed by atoms with van der Waals surface area (Å²) in [7, 11) is 0. The Morgan fingerprint density at radius 3 is 1.59 bits per heavy atom. The Bertz CT molecular complexity index is 2550. The molecule has 0 spiro atoms. The van der Waals surface area contributed by atoms with Gasteiger partial charge in [-0.15, -0.1) is 0 Å². The summed E-state index contributed by atoms with van der Waals surface area (Å²) < 4.78 is 5.54. The molecule has 1 aliphatic carbocycles. The molecule has 0 radical (unpaired) electrons. The predicted octanol–water partition coefficient (Wildman–Crippen LogP) is 0.0541. The number of amides is 4. The molecule has 3 atom stereocenters. The van der Waals surface area contributed by atoms with Gasteiger partial charge in [-0.2, -0.15) is 0 Å². The van der Waals surface area contributed by atoms with Crippen LogP contribution in [0.25, 0.3) is 21.5 Å². The van der Waals surface area contributed by atoms with E-state index < -0.39 is 77.9 Å². The summed E-state index contributed by atoms with van der Waals surface area (Å²) in [6, 6.07) is 12.6. The average molecular weight is 1120 g/mol. The van der Waals surface area contributed by atoms with E-state index in [9.17, 15) is 73.5 Å². The van der Waals surface area contributed by atoms with Crippen LogP contribution in [0.1, 0.15) is 50.5 Å². The highest BCUT2D eigenvalue weighted by atomic mass is 16.5. The third-order valence-corrected chi connectivity index (χ3v) is 14.5. The molecule has 11 N–H and O–H groups in total. The molecule has 4 amide bonds. The monoisotopic (exact) mass is 1120 g/mol. The first-order valence-electron chi connectivity index (χ1n) is 26.7. The third kappa shape index (κ3) is 21.4. The molecule has 80 heavy (non-hydrogen) atoms. The predicted molar refractivity (Wildman–Crippen MR) is 289 cm³/mol. The first-order valence-corrected chi connectivity index (χ1v) is 26.7. The van der Waals surface area contributed by atoms with Crippen molar-refractivity contribution in [2.24, 2.45) is 11.3 Å². The van der Waals surface area contributed by atoms with E-state index >= 15 is 0 Å². The number of fused-ring (bicyclic) bond motifs is 2. The summed E-state index contributed by atoms with van der Waals surface area (Å²) >= 11 is 0. The number of carboxylic acids is 6. The fourth-order valence-corrected chi connectivity index (χ4v) is 10.0. The fraction of sp³-hybridized carbons (Fsp3) is 0.556. The standard InChI is InChI=1S/C54H75N9O17/c64-35-54(14-12-36(13-15-54)28-56-45(65)29-60-17-19-61(30-47(68)69)21-23-63(32-49(72)73)24-22-62(20-18-60)31-48(70)71)34-57-43(27-41-39-8-3-1-6-37(39)26-38-7-2-4-9-40(38)41)50(74)55-16-25-80-33-44(52(77)78)59-53(79)58-42(51(75)76)10-5-11-46(66)67/h1-4,6-9,26,35-36,42-44,57H,5,10-25,27-34H2,(H,55,74)(H,56,65)(H,66,67)(H,68,69)(H,70,71)(H,72,73)(H,75,76)(H,77,78)(H2,58,59,79)/t36?,42-,43-,44-,54?/m0/s1. The molecular weight excluding hydrogens is 1050 g/mol. The van der Waals surface area contributed by atoms with Crippen molar-refractivity contribution in [3.8, 4) is 0 Å². The molecule has 438 valence electrons. The van der Waals surface area contributed by atoms with Crippen LogP contribution >= 0.6 is 0 Å². The Kier molecular flexibility index (Phi) is 25.4. The summed E-state index contributed by atoms with van der Waals surface area (Å²) in [6.07, 6.45) is 2.62. The molecule has 1 saturated carbocycles. The van der Waals surface area contributed by atoms with Crippen LogP contribution in [0.5, 0.6) is 0 Å². The van der Waals surface area contributed by atoms with Crippen molar-refractivity contribution in [1.82, 2.24) is 46.2 Å². The van der Waals surface area contributed by atoms with Gasteiger partial charge in [0.2, 0.25) is 11.8 Å². The van der Waals surface area contributed by atoms with E-state index in [-0.39, 0.29) is 136 Å². The second-order valence-electron chi connectivity index (χ2n) is 20.5. The van der Waals surface area contributed by atoms with E-state index in [2.05, 4.69) is 32.7 Å². The van der Waals surface area contributed by atoms with Gasteiger partial charge in [0.15, 0.2) is 6.04 Å². The number of carbonyl (C=O) groups excluding carboxylic acids is 4. The Balaban J connectivity index is 1.19. The number of aliphatic carboxylic acids is 6. The van der Waals surface area contributed by atoms with Crippen LogP contribution in [0.3, 0.4) is 0 Å².